The van der Waals surface area contributed by atoms with Gasteiger partial charge >= 0.3 is 12.1 Å². The van der Waals surface area contributed by atoms with Crippen molar-refractivity contribution < 1.29 is 31.9 Å². The monoisotopic (exact) mass is 532 g/mol. The molecule has 5 rings (SSSR count). The van der Waals surface area contributed by atoms with Crippen LogP contribution in [0, 0.1) is 5.82 Å². The zero-order valence-corrected chi connectivity index (χ0v) is 20.3. The van der Waals surface area contributed by atoms with E-state index in [0.717, 1.165) is 54.0 Å². The Balaban J connectivity index is 1.54. The lowest BCUT2D eigenvalue weighted by atomic mass is 9.95. The highest BCUT2D eigenvalue weighted by molar-refractivity contribution is 7.17. The van der Waals surface area contributed by atoms with Crippen molar-refractivity contribution in [1.82, 2.24) is 14.6 Å². The average molecular weight is 533 g/mol. The number of halogens is 4. The number of nitrogens with zero attached hydrogens (tertiary/aromatic N) is 3. The Morgan fingerprint density at radius 1 is 1.14 bits per heavy atom. The summed E-state index contributed by atoms with van der Waals surface area (Å²) in [4.78, 5) is 30.9. The molecule has 0 aliphatic heterocycles. The first-order valence-electron chi connectivity index (χ1n) is 11.5. The number of benzene rings is 1. The molecule has 1 aliphatic rings. The van der Waals surface area contributed by atoms with E-state index >= 15 is 0 Å². The van der Waals surface area contributed by atoms with Gasteiger partial charge in [-0.25, -0.2) is 18.7 Å². The number of ether oxygens (including phenoxy) is 1. The molecule has 1 aliphatic carbocycles. The lowest BCUT2D eigenvalue weighted by Gasteiger charge is -2.12. The fourth-order valence-electron chi connectivity index (χ4n) is 4.30. The zero-order valence-electron chi connectivity index (χ0n) is 19.5. The van der Waals surface area contributed by atoms with E-state index in [1.165, 1.54) is 23.5 Å². The number of anilines is 1. The summed E-state index contributed by atoms with van der Waals surface area (Å²) in [5.74, 6) is -1.88. The molecule has 0 saturated carbocycles. The van der Waals surface area contributed by atoms with Crippen LogP contribution < -0.4 is 5.32 Å². The van der Waals surface area contributed by atoms with Gasteiger partial charge in [0.25, 0.3) is 5.91 Å². The molecule has 1 aromatic carbocycles. The van der Waals surface area contributed by atoms with Crippen molar-refractivity contribution in [3.63, 3.8) is 0 Å². The smallest absolute Gasteiger partial charge is 0.433 e. The molecular formula is C25H20F4N4O3S. The van der Waals surface area contributed by atoms with E-state index < -0.39 is 29.6 Å². The summed E-state index contributed by atoms with van der Waals surface area (Å²) in [7, 11) is 0. The highest BCUT2D eigenvalue weighted by Gasteiger charge is 2.36. The molecule has 0 spiro atoms. The Kier molecular flexibility index (Phi) is 6.44. The first kappa shape index (κ1) is 24.9. The van der Waals surface area contributed by atoms with E-state index in [1.807, 2.05) is 0 Å². The zero-order chi connectivity index (χ0) is 26.3. The van der Waals surface area contributed by atoms with Crippen molar-refractivity contribution in [1.29, 1.82) is 0 Å². The number of alkyl halides is 3. The molecule has 0 unspecified atom stereocenters. The summed E-state index contributed by atoms with van der Waals surface area (Å²) in [6.45, 7) is 1.84. The molecule has 0 atom stereocenters. The molecule has 1 N–H and O–H groups in total. The van der Waals surface area contributed by atoms with Gasteiger partial charge in [0.1, 0.15) is 10.8 Å². The largest absolute Gasteiger partial charge is 0.462 e. The van der Waals surface area contributed by atoms with E-state index in [9.17, 15) is 27.2 Å². The average Bonchev–Trinajstić information content (AvgIpc) is 3.44. The topological polar surface area (TPSA) is 85.6 Å². The number of carbonyl (C=O) groups is 2. The number of fused-ring (bicyclic) bond motifs is 2. The second-order valence-electron chi connectivity index (χ2n) is 8.42. The first-order valence-corrected chi connectivity index (χ1v) is 12.3. The van der Waals surface area contributed by atoms with Gasteiger partial charge in [0.15, 0.2) is 17.0 Å². The number of nitrogens with one attached hydrogen (secondary N) is 1. The molecule has 0 fully saturated rings. The summed E-state index contributed by atoms with van der Waals surface area (Å²) in [6, 6.07) is 6.79. The maximum absolute atomic E-state index is 13.9. The fraction of sp³-hybridized carbons (Fsp3) is 0.280. The van der Waals surface area contributed by atoms with Gasteiger partial charge in [-0.15, -0.1) is 11.3 Å². The summed E-state index contributed by atoms with van der Waals surface area (Å²) < 4.78 is 60.7. The van der Waals surface area contributed by atoms with Crippen LogP contribution in [0.3, 0.4) is 0 Å². The van der Waals surface area contributed by atoms with Crippen molar-refractivity contribution in [3.05, 3.63) is 69.6 Å². The minimum Gasteiger partial charge on any atom is -0.462 e. The number of thiophene rings is 1. The normalized spacial score (nSPS) is 13.4. The molecule has 0 saturated heterocycles. The van der Waals surface area contributed by atoms with Gasteiger partial charge < -0.3 is 10.1 Å². The molecule has 192 valence electrons. The van der Waals surface area contributed by atoms with Crippen LogP contribution in [0.1, 0.15) is 56.7 Å². The van der Waals surface area contributed by atoms with Gasteiger partial charge in [0.05, 0.1) is 17.9 Å². The number of aromatic nitrogens is 3. The third kappa shape index (κ3) is 4.80. The van der Waals surface area contributed by atoms with E-state index in [4.69, 9.17) is 4.74 Å². The summed E-state index contributed by atoms with van der Waals surface area (Å²) in [6.07, 6.45) is -1.51. The van der Waals surface area contributed by atoms with Gasteiger partial charge in [-0.2, -0.15) is 18.3 Å². The molecule has 12 heteroatoms. The third-order valence-electron chi connectivity index (χ3n) is 5.97. The standard InChI is InChI=1S/C25H20F4N4O3S/c1-2-36-24(35)21-15-5-3-4-6-18(15)37-23(21)31-22(34)17-12-20-30-16(13-7-9-14(26)10-8-13)11-19(25(27,28)29)33(20)32-17/h7-12H,2-6H2,1H3,(H,31,34). The van der Waals surface area contributed by atoms with Gasteiger partial charge in [-0.3, -0.25) is 4.79 Å². The van der Waals surface area contributed by atoms with Crippen molar-refractivity contribution in [2.75, 3.05) is 11.9 Å². The second kappa shape index (κ2) is 9.58. The van der Waals surface area contributed by atoms with Crippen LogP contribution in [0.15, 0.2) is 36.4 Å². The molecular weight excluding hydrogens is 512 g/mol. The quantitative estimate of drug-likeness (QED) is 0.255. The van der Waals surface area contributed by atoms with E-state index in [-0.39, 0.29) is 39.8 Å². The Bertz CT molecular complexity index is 1510. The third-order valence-corrected chi connectivity index (χ3v) is 7.18. The van der Waals surface area contributed by atoms with Crippen molar-refractivity contribution in [3.8, 4) is 11.3 Å². The Morgan fingerprint density at radius 2 is 1.86 bits per heavy atom. The number of esters is 1. The minimum atomic E-state index is -4.81. The Labute approximate surface area is 212 Å². The van der Waals surface area contributed by atoms with Crippen LogP contribution in [0.2, 0.25) is 0 Å². The van der Waals surface area contributed by atoms with E-state index in [0.29, 0.717) is 10.9 Å². The molecule has 4 aromatic rings. The number of hydrogen-bond donors (Lipinski definition) is 1. The molecule has 3 aromatic heterocycles. The van der Waals surface area contributed by atoms with Crippen molar-refractivity contribution in [2.45, 2.75) is 38.8 Å². The number of rotatable bonds is 5. The summed E-state index contributed by atoms with van der Waals surface area (Å²) in [5, 5.41) is 6.80. The Morgan fingerprint density at radius 3 is 2.57 bits per heavy atom. The lowest BCUT2D eigenvalue weighted by Crippen LogP contribution is -2.17. The molecule has 0 radical (unpaired) electrons. The first-order chi connectivity index (χ1) is 17.7. The number of hydrogen-bond acceptors (Lipinski definition) is 6. The molecule has 0 bridgehead atoms. The maximum Gasteiger partial charge on any atom is 0.433 e. The maximum atomic E-state index is 13.9. The van der Waals surface area contributed by atoms with Crippen LogP contribution in [-0.2, 0) is 23.8 Å². The summed E-state index contributed by atoms with van der Waals surface area (Å²) in [5.41, 5.74) is -0.330. The van der Waals surface area contributed by atoms with Gasteiger partial charge in [-0.05, 0) is 68.5 Å². The van der Waals surface area contributed by atoms with E-state index in [2.05, 4.69) is 15.4 Å². The SMILES string of the molecule is CCOC(=O)c1c(NC(=O)c2cc3nc(-c4ccc(F)cc4)cc(C(F)(F)F)n3n2)sc2c1CCCC2. The van der Waals surface area contributed by atoms with Crippen LogP contribution in [0.25, 0.3) is 16.9 Å². The second-order valence-corrected chi connectivity index (χ2v) is 9.53. The predicted octanol–water partition coefficient (Wildman–Crippen LogP) is 5.92. The fourth-order valence-corrected chi connectivity index (χ4v) is 5.57. The molecule has 3 heterocycles. The number of carbonyl (C=O) groups excluding carboxylic acids is 2. The number of amides is 1. The molecule has 7 nitrogen and oxygen atoms in total. The van der Waals surface area contributed by atoms with Crippen molar-refractivity contribution in [2.24, 2.45) is 0 Å². The minimum absolute atomic E-state index is 0.0535. The van der Waals surface area contributed by atoms with Gasteiger partial charge in [0.2, 0.25) is 0 Å². The highest BCUT2D eigenvalue weighted by Crippen LogP contribution is 2.39. The van der Waals surface area contributed by atoms with Crippen LogP contribution in [0.5, 0.6) is 0 Å². The molecule has 37 heavy (non-hydrogen) atoms. The lowest BCUT2D eigenvalue weighted by molar-refractivity contribution is -0.142. The molecule has 1 amide bonds. The van der Waals surface area contributed by atoms with Crippen LogP contribution >= 0.6 is 11.3 Å². The summed E-state index contributed by atoms with van der Waals surface area (Å²) >= 11 is 1.26. The van der Waals surface area contributed by atoms with Gasteiger partial charge in [0, 0.05) is 16.5 Å². The highest BCUT2D eigenvalue weighted by atomic mass is 32.1. The van der Waals surface area contributed by atoms with E-state index in [1.54, 1.807) is 6.92 Å². The predicted molar refractivity (Wildman–Crippen MR) is 128 cm³/mol. The van der Waals surface area contributed by atoms with Crippen LogP contribution in [-0.4, -0.2) is 33.1 Å². The number of aryl methyl sites for hydroxylation is 1. The van der Waals surface area contributed by atoms with Crippen LogP contribution in [0.4, 0.5) is 22.6 Å². The Hall–Kier alpha value is -3.80. The van der Waals surface area contributed by atoms with Crippen molar-refractivity contribution >= 4 is 33.9 Å². The van der Waals surface area contributed by atoms with Gasteiger partial charge in [-0.1, -0.05) is 0 Å².